The molecule has 0 saturated carbocycles. The van der Waals surface area contributed by atoms with Gasteiger partial charge in [-0.15, -0.1) is 6.58 Å². The van der Waals surface area contributed by atoms with Crippen LogP contribution in [-0.2, 0) is 9.53 Å². The summed E-state index contributed by atoms with van der Waals surface area (Å²) in [5.41, 5.74) is 2.46. The van der Waals surface area contributed by atoms with Crippen LogP contribution in [0.15, 0.2) is 65.0 Å². The van der Waals surface area contributed by atoms with Gasteiger partial charge in [-0.2, -0.15) is 11.3 Å². The van der Waals surface area contributed by atoms with Crippen LogP contribution in [0.4, 0.5) is 4.79 Å². The molecule has 1 saturated heterocycles. The maximum atomic E-state index is 13.2. The van der Waals surface area contributed by atoms with Crippen LogP contribution < -0.4 is 5.32 Å². The van der Waals surface area contributed by atoms with Crippen molar-refractivity contribution >= 4 is 40.8 Å². The van der Waals surface area contributed by atoms with Gasteiger partial charge in [0.1, 0.15) is 0 Å². The quantitative estimate of drug-likeness (QED) is 0.397. The molecule has 0 bridgehead atoms. The van der Waals surface area contributed by atoms with E-state index in [1.807, 2.05) is 28.7 Å². The average molecular weight is 543 g/mol. The summed E-state index contributed by atoms with van der Waals surface area (Å²) < 4.78 is 5.44. The zero-order chi connectivity index (χ0) is 26.5. The molecule has 3 heterocycles. The zero-order valence-electron chi connectivity index (χ0n) is 21.0. The molecule has 196 valence electrons. The number of urea groups is 1. The fraction of sp³-hybridized carbons (Fsp3) is 0.370. The van der Waals surface area contributed by atoms with Gasteiger partial charge in [0.05, 0.1) is 18.2 Å². The van der Waals surface area contributed by atoms with Crippen LogP contribution in [0, 0.1) is 0 Å². The molecule has 1 fully saturated rings. The molecule has 1 N–H and O–H groups in total. The Labute approximate surface area is 226 Å². The molecule has 37 heavy (non-hydrogen) atoms. The Hall–Kier alpha value is -3.14. The number of hydrogen-bond acceptors (Lipinski definition) is 6. The van der Waals surface area contributed by atoms with Gasteiger partial charge in [-0.3, -0.25) is 14.6 Å². The predicted octanol–water partition coefficient (Wildman–Crippen LogP) is 4.32. The molecule has 2 aliphatic rings. The second-order valence-electron chi connectivity index (χ2n) is 9.01. The maximum Gasteiger partial charge on any atom is 0.338 e. The number of carbonyl (C=O) groups is 3. The first-order valence-corrected chi connectivity index (χ1v) is 13.6. The number of nitrogens with zero attached hydrogens (tertiary/aromatic N) is 3. The number of thiophene rings is 1. The molecule has 1 aromatic heterocycles. The Kier molecular flexibility index (Phi) is 8.68. The van der Waals surface area contributed by atoms with Gasteiger partial charge in [0.15, 0.2) is 0 Å². The lowest BCUT2D eigenvalue weighted by Gasteiger charge is -2.42. The van der Waals surface area contributed by atoms with Gasteiger partial charge in [0.2, 0.25) is 0 Å². The molecule has 4 rings (SSSR count). The summed E-state index contributed by atoms with van der Waals surface area (Å²) >= 11 is 7.48. The number of halogens is 1. The lowest BCUT2D eigenvalue weighted by molar-refractivity contribution is -0.139. The van der Waals surface area contributed by atoms with Crippen molar-refractivity contribution in [1.29, 1.82) is 0 Å². The summed E-state index contributed by atoms with van der Waals surface area (Å²) in [7, 11) is 0. The monoisotopic (exact) mass is 542 g/mol. The van der Waals surface area contributed by atoms with Crippen LogP contribution in [-0.4, -0.2) is 78.0 Å². The van der Waals surface area contributed by atoms with Gasteiger partial charge in [-0.25, -0.2) is 9.59 Å². The minimum atomic E-state index is -0.598. The molecule has 0 aliphatic carbocycles. The van der Waals surface area contributed by atoms with Crippen molar-refractivity contribution in [2.45, 2.75) is 25.9 Å². The highest BCUT2D eigenvalue weighted by Gasteiger charge is 2.39. The predicted molar refractivity (Wildman–Crippen MR) is 145 cm³/mol. The summed E-state index contributed by atoms with van der Waals surface area (Å²) in [5, 5.41) is 7.39. The van der Waals surface area contributed by atoms with E-state index in [1.54, 1.807) is 42.2 Å². The number of piperazine rings is 1. The van der Waals surface area contributed by atoms with Crippen LogP contribution >= 0.6 is 22.9 Å². The molecule has 2 aromatic rings. The first kappa shape index (κ1) is 26.9. The normalized spacial score (nSPS) is 20.6. The summed E-state index contributed by atoms with van der Waals surface area (Å²) in [5.74, 6) is -0.495. The minimum absolute atomic E-state index is 0.0434. The molecule has 3 amide bonds. The van der Waals surface area contributed by atoms with E-state index in [4.69, 9.17) is 16.3 Å². The van der Waals surface area contributed by atoms with E-state index in [9.17, 15) is 14.4 Å². The summed E-state index contributed by atoms with van der Waals surface area (Å²) in [6.07, 6.45) is 1.64. The first-order valence-electron chi connectivity index (χ1n) is 12.2. The maximum absolute atomic E-state index is 13.2. The highest BCUT2D eigenvalue weighted by Crippen LogP contribution is 2.33. The first-order chi connectivity index (χ1) is 17.8. The van der Waals surface area contributed by atoms with E-state index in [0.29, 0.717) is 48.0 Å². The Morgan fingerprint density at radius 3 is 2.62 bits per heavy atom. The fourth-order valence-corrected chi connectivity index (χ4v) is 5.60. The number of benzene rings is 1. The third kappa shape index (κ3) is 5.89. The molecule has 1 aromatic carbocycles. The number of carbonyl (C=O) groups excluding carboxylic acids is 3. The van der Waals surface area contributed by atoms with Crippen molar-refractivity contribution < 1.29 is 19.1 Å². The van der Waals surface area contributed by atoms with E-state index in [1.165, 1.54) is 11.3 Å². The van der Waals surface area contributed by atoms with Gasteiger partial charge in [0.25, 0.3) is 5.91 Å². The van der Waals surface area contributed by atoms with E-state index >= 15 is 0 Å². The fourth-order valence-electron chi connectivity index (χ4n) is 4.78. The van der Waals surface area contributed by atoms with Crippen LogP contribution in [0.3, 0.4) is 0 Å². The third-order valence-electron chi connectivity index (χ3n) is 6.56. The van der Waals surface area contributed by atoms with Crippen molar-refractivity contribution in [2.24, 2.45) is 0 Å². The second-order valence-corrected chi connectivity index (χ2v) is 10.2. The van der Waals surface area contributed by atoms with Crippen LogP contribution in [0.5, 0.6) is 0 Å². The van der Waals surface area contributed by atoms with Gasteiger partial charge < -0.3 is 15.0 Å². The largest absolute Gasteiger partial charge is 0.463 e. The Morgan fingerprint density at radius 2 is 2.00 bits per heavy atom. The molecular formula is C27H31ClN4O4S. The Morgan fingerprint density at radius 1 is 1.24 bits per heavy atom. The summed E-state index contributed by atoms with van der Waals surface area (Å²) in [6, 6.07) is 7.84. The number of nitrogens with one attached hydrogen (secondary N) is 1. The van der Waals surface area contributed by atoms with Gasteiger partial charge in [0, 0.05) is 55.0 Å². The second kappa shape index (κ2) is 11.9. The Balaban J connectivity index is 1.61. The lowest BCUT2D eigenvalue weighted by Crippen LogP contribution is -2.56. The molecule has 2 atom stereocenters. The SMILES string of the molecule is C=CCN1C(=O)NC(c2ccsc2)C(C(=O)OCC)=C1CN1CCN(C(=O)c2ccc(Cl)cc2)C(C)C1. The molecular weight excluding hydrogens is 512 g/mol. The van der Waals surface area contributed by atoms with E-state index < -0.39 is 12.0 Å². The van der Waals surface area contributed by atoms with E-state index in [-0.39, 0.29) is 31.1 Å². The highest BCUT2D eigenvalue weighted by atomic mass is 35.5. The summed E-state index contributed by atoms with van der Waals surface area (Å²) in [6.45, 7) is 10.1. The molecule has 0 radical (unpaired) electrons. The standard InChI is InChI=1S/C27H31ClN4O4S/c1-4-11-32-22(23(26(34)36-5-2)24(29-27(32)35)20-10-14-37-17-20)16-30-12-13-31(18(3)15-30)25(33)19-6-8-21(28)9-7-19/h4,6-10,14,17-18,24H,1,5,11-13,15-16H2,2-3H3,(H,29,35). The molecule has 10 heteroatoms. The lowest BCUT2D eigenvalue weighted by atomic mass is 9.95. The van der Waals surface area contributed by atoms with Crippen LogP contribution in [0.25, 0.3) is 0 Å². The molecule has 2 unspecified atom stereocenters. The van der Waals surface area contributed by atoms with E-state index in [0.717, 1.165) is 5.56 Å². The molecule has 8 nitrogen and oxygen atoms in total. The van der Waals surface area contributed by atoms with E-state index in [2.05, 4.69) is 16.8 Å². The number of amides is 3. The zero-order valence-corrected chi connectivity index (χ0v) is 22.6. The van der Waals surface area contributed by atoms with Crippen molar-refractivity contribution in [3.05, 3.63) is 81.2 Å². The van der Waals surface area contributed by atoms with Crippen molar-refractivity contribution in [3.8, 4) is 0 Å². The smallest absolute Gasteiger partial charge is 0.338 e. The number of esters is 1. The van der Waals surface area contributed by atoms with Crippen molar-refractivity contribution in [3.63, 3.8) is 0 Å². The minimum Gasteiger partial charge on any atom is -0.463 e. The Bertz CT molecular complexity index is 1180. The van der Waals surface area contributed by atoms with Crippen LogP contribution in [0.1, 0.15) is 35.8 Å². The molecule has 2 aliphatic heterocycles. The summed E-state index contributed by atoms with van der Waals surface area (Å²) in [4.78, 5) is 45.1. The van der Waals surface area contributed by atoms with Gasteiger partial charge in [-0.1, -0.05) is 17.7 Å². The third-order valence-corrected chi connectivity index (χ3v) is 7.51. The number of hydrogen-bond donors (Lipinski definition) is 1. The highest BCUT2D eigenvalue weighted by molar-refractivity contribution is 7.08. The van der Waals surface area contributed by atoms with Gasteiger partial charge in [-0.05, 0) is 60.5 Å². The number of ether oxygens (including phenoxy) is 1. The van der Waals surface area contributed by atoms with Crippen LogP contribution in [0.2, 0.25) is 5.02 Å². The topological polar surface area (TPSA) is 82.2 Å². The molecule has 0 spiro atoms. The number of rotatable bonds is 8. The van der Waals surface area contributed by atoms with Crippen molar-refractivity contribution in [1.82, 2.24) is 20.0 Å². The van der Waals surface area contributed by atoms with Crippen molar-refractivity contribution in [2.75, 3.05) is 39.3 Å². The van der Waals surface area contributed by atoms with Gasteiger partial charge >= 0.3 is 12.0 Å². The average Bonchev–Trinajstić information content (AvgIpc) is 3.41.